The van der Waals surface area contributed by atoms with Crippen molar-refractivity contribution in [2.75, 3.05) is 12.5 Å². The molecule has 1 aromatic carbocycles. The van der Waals surface area contributed by atoms with Gasteiger partial charge in [0.15, 0.2) is 22.3 Å². The monoisotopic (exact) mass is 389 g/mol. The Morgan fingerprint density at radius 2 is 2.04 bits per heavy atom. The molecule has 0 fully saturated rings. The molecule has 7 nitrogen and oxygen atoms in total. The molecule has 0 amide bonds. The predicted molar refractivity (Wildman–Crippen MR) is 92.1 cm³/mol. The number of carboxylic acids is 1. The van der Waals surface area contributed by atoms with Gasteiger partial charge in [-0.2, -0.15) is 5.10 Å². The average molecular weight is 391 g/mol. The number of aromatic nitrogens is 1. The zero-order valence-electron chi connectivity index (χ0n) is 12.0. The number of para-hydroxylation sites is 1. The van der Waals surface area contributed by atoms with Crippen LogP contribution in [-0.4, -0.2) is 34.5 Å². The van der Waals surface area contributed by atoms with Gasteiger partial charge in [0, 0.05) is 5.56 Å². The first-order valence-corrected chi connectivity index (χ1v) is 7.43. The normalized spacial score (nSPS) is 10.8. The van der Waals surface area contributed by atoms with Crippen LogP contribution in [0.5, 0.6) is 11.5 Å². The molecule has 0 saturated carbocycles. The molecule has 1 aromatic heterocycles. The van der Waals surface area contributed by atoms with Crippen molar-refractivity contribution in [3.63, 3.8) is 0 Å². The van der Waals surface area contributed by atoms with Crippen LogP contribution in [0.1, 0.15) is 16.1 Å². The highest BCUT2D eigenvalue weighted by atomic mass is 35.5. The molecule has 1 heterocycles. The number of aromatic hydroxyl groups is 1. The Hall–Kier alpha value is -2.22. The molecule has 0 unspecified atom stereocenters. The Kier molecular flexibility index (Phi) is 5.71. The van der Waals surface area contributed by atoms with Gasteiger partial charge in [0.25, 0.3) is 0 Å². The summed E-state index contributed by atoms with van der Waals surface area (Å²) in [6.45, 7) is 0. The van der Waals surface area contributed by atoms with Crippen molar-refractivity contribution >= 4 is 52.7 Å². The van der Waals surface area contributed by atoms with Gasteiger partial charge in [-0.25, -0.2) is 9.78 Å². The SMILES string of the molecule is COc1cccc(C=NNc2c(Cl)c(Cl)nc(C(=O)O)c2Cl)c1O. The number of nitrogens with zero attached hydrogens (tertiary/aromatic N) is 2. The Morgan fingerprint density at radius 3 is 2.67 bits per heavy atom. The van der Waals surface area contributed by atoms with Crippen LogP contribution in [-0.2, 0) is 0 Å². The maximum Gasteiger partial charge on any atom is 0.356 e. The molecule has 0 spiro atoms. The molecule has 0 aliphatic rings. The van der Waals surface area contributed by atoms with E-state index < -0.39 is 11.7 Å². The van der Waals surface area contributed by atoms with Crippen molar-refractivity contribution in [2.45, 2.75) is 0 Å². The fourth-order valence-corrected chi connectivity index (χ4v) is 2.39. The van der Waals surface area contributed by atoms with Crippen molar-refractivity contribution in [3.8, 4) is 11.5 Å². The Bertz CT molecular complexity index is 827. The first kappa shape index (κ1) is 18.1. The molecule has 3 N–H and O–H groups in total. The number of pyridine rings is 1. The van der Waals surface area contributed by atoms with Crippen LogP contribution in [0, 0.1) is 0 Å². The van der Waals surface area contributed by atoms with Crippen LogP contribution in [0.25, 0.3) is 0 Å². The number of halogens is 3. The van der Waals surface area contributed by atoms with Crippen LogP contribution >= 0.6 is 34.8 Å². The van der Waals surface area contributed by atoms with E-state index in [1.807, 2.05) is 0 Å². The number of hydrogen-bond donors (Lipinski definition) is 3. The molecular formula is C14H10Cl3N3O4. The first-order chi connectivity index (χ1) is 11.4. The minimum atomic E-state index is -1.36. The largest absolute Gasteiger partial charge is 0.504 e. The topological polar surface area (TPSA) is 104 Å². The standard InChI is InChI=1S/C14H10Cl3N3O4/c1-24-7-4-2-3-6(12(7)21)5-18-20-10-8(15)11(14(22)23)19-13(17)9(10)16/h2-5,21H,1H3,(H,19,20)(H,22,23). The summed E-state index contributed by atoms with van der Waals surface area (Å²) in [5.74, 6) is -1.20. The van der Waals surface area contributed by atoms with Crippen molar-refractivity contribution in [3.05, 3.63) is 44.7 Å². The number of aromatic carboxylic acids is 1. The van der Waals surface area contributed by atoms with Crippen molar-refractivity contribution in [2.24, 2.45) is 5.10 Å². The number of hydrogen-bond acceptors (Lipinski definition) is 6. The zero-order chi connectivity index (χ0) is 17.9. The maximum atomic E-state index is 11.1. The molecule has 2 rings (SSSR count). The second kappa shape index (κ2) is 7.57. The van der Waals surface area contributed by atoms with Crippen LogP contribution < -0.4 is 10.2 Å². The van der Waals surface area contributed by atoms with Gasteiger partial charge in [0.2, 0.25) is 0 Å². The number of benzene rings is 1. The summed E-state index contributed by atoms with van der Waals surface area (Å²) in [5, 5.41) is 22.3. The lowest BCUT2D eigenvalue weighted by atomic mass is 10.2. The van der Waals surface area contributed by atoms with E-state index in [9.17, 15) is 9.90 Å². The molecule has 0 atom stereocenters. The number of rotatable bonds is 5. The van der Waals surface area contributed by atoms with Gasteiger partial charge in [0.05, 0.1) is 19.0 Å². The quantitative estimate of drug-likeness (QED) is 0.406. The van der Waals surface area contributed by atoms with E-state index in [1.165, 1.54) is 13.3 Å². The van der Waals surface area contributed by atoms with Crippen LogP contribution in [0.4, 0.5) is 5.69 Å². The lowest BCUT2D eigenvalue weighted by Gasteiger charge is -2.09. The summed E-state index contributed by atoms with van der Waals surface area (Å²) in [7, 11) is 1.42. The summed E-state index contributed by atoms with van der Waals surface area (Å²) in [4.78, 5) is 14.7. The number of phenols is 1. The molecule has 24 heavy (non-hydrogen) atoms. The summed E-state index contributed by atoms with van der Waals surface area (Å²) in [5.41, 5.74) is 2.37. The number of methoxy groups -OCH3 is 1. The fourth-order valence-electron chi connectivity index (χ4n) is 1.73. The third-order valence-corrected chi connectivity index (χ3v) is 3.98. The van der Waals surface area contributed by atoms with Crippen molar-refractivity contribution in [1.82, 2.24) is 4.98 Å². The summed E-state index contributed by atoms with van der Waals surface area (Å²) in [6.07, 6.45) is 1.28. The van der Waals surface area contributed by atoms with E-state index in [2.05, 4.69) is 15.5 Å². The molecule has 2 aromatic rings. The first-order valence-electron chi connectivity index (χ1n) is 6.29. The second-order valence-corrected chi connectivity index (χ2v) is 5.44. The van der Waals surface area contributed by atoms with E-state index in [0.29, 0.717) is 5.56 Å². The number of carboxylic acid groups (broad SMARTS) is 1. The minimum absolute atomic E-state index is 0.0191. The number of carbonyl (C=O) groups is 1. The second-order valence-electron chi connectivity index (χ2n) is 4.33. The Balaban J connectivity index is 2.34. The van der Waals surface area contributed by atoms with Gasteiger partial charge in [-0.3, -0.25) is 5.43 Å². The summed E-state index contributed by atoms with van der Waals surface area (Å²) < 4.78 is 4.98. The summed E-state index contributed by atoms with van der Waals surface area (Å²) >= 11 is 17.7. The van der Waals surface area contributed by atoms with Gasteiger partial charge < -0.3 is 14.9 Å². The molecular weight excluding hydrogens is 381 g/mol. The van der Waals surface area contributed by atoms with Crippen molar-refractivity contribution < 1.29 is 19.7 Å². The van der Waals surface area contributed by atoms with E-state index in [0.717, 1.165) is 0 Å². The van der Waals surface area contributed by atoms with Crippen LogP contribution in [0.2, 0.25) is 15.2 Å². The third-order valence-electron chi connectivity index (χ3n) is 2.87. The molecule has 10 heteroatoms. The van der Waals surface area contributed by atoms with E-state index in [4.69, 9.17) is 44.6 Å². The maximum absolute atomic E-state index is 11.1. The van der Waals surface area contributed by atoms with Crippen LogP contribution in [0.15, 0.2) is 23.3 Å². The average Bonchev–Trinajstić information content (AvgIpc) is 2.55. The molecule has 0 radical (unpaired) electrons. The number of anilines is 1. The minimum Gasteiger partial charge on any atom is -0.504 e. The van der Waals surface area contributed by atoms with E-state index >= 15 is 0 Å². The van der Waals surface area contributed by atoms with E-state index in [1.54, 1.807) is 18.2 Å². The molecule has 0 aliphatic heterocycles. The van der Waals surface area contributed by atoms with Crippen molar-refractivity contribution in [1.29, 1.82) is 0 Å². The van der Waals surface area contributed by atoms with Gasteiger partial charge >= 0.3 is 5.97 Å². The number of phenolic OH excluding ortho intramolecular Hbond substituents is 1. The van der Waals surface area contributed by atoms with Gasteiger partial charge in [0.1, 0.15) is 10.0 Å². The highest BCUT2D eigenvalue weighted by Crippen LogP contribution is 2.37. The van der Waals surface area contributed by atoms with Gasteiger partial charge in [-0.1, -0.05) is 40.9 Å². The van der Waals surface area contributed by atoms with Crippen LogP contribution in [0.3, 0.4) is 0 Å². The zero-order valence-corrected chi connectivity index (χ0v) is 14.3. The molecule has 0 aliphatic carbocycles. The van der Waals surface area contributed by atoms with Gasteiger partial charge in [-0.05, 0) is 12.1 Å². The third kappa shape index (κ3) is 3.64. The fraction of sp³-hybridized carbons (Fsp3) is 0.0714. The smallest absolute Gasteiger partial charge is 0.356 e. The Labute approximate surface area is 151 Å². The van der Waals surface area contributed by atoms with E-state index in [-0.39, 0.29) is 32.4 Å². The highest BCUT2D eigenvalue weighted by Gasteiger charge is 2.20. The molecule has 0 saturated heterocycles. The molecule has 126 valence electrons. The number of ether oxygens (including phenoxy) is 1. The number of hydrazone groups is 1. The highest BCUT2D eigenvalue weighted by molar-refractivity contribution is 6.46. The lowest BCUT2D eigenvalue weighted by molar-refractivity contribution is 0.0691. The summed E-state index contributed by atoms with van der Waals surface area (Å²) in [6, 6.07) is 4.83. The lowest BCUT2D eigenvalue weighted by Crippen LogP contribution is -2.05. The Morgan fingerprint density at radius 1 is 1.33 bits per heavy atom. The number of nitrogens with one attached hydrogen (secondary N) is 1. The van der Waals surface area contributed by atoms with Gasteiger partial charge in [-0.15, -0.1) is 0 Å². The predicted octanol–water partition coefficient (Wildman–Crippen LogP) is 3.90. The molecule has 0 bridgehead atoms.